The summed E-state index contributed by atoms with van der Waals surface area (Å²) in [5.74, 6) is -1.22. The molecule has 0 spiro atoms. The topological polar surface area (TPSA) is 75.4 Å². The van der Waals surface area contributed by atoms with Crippen LogP contribution in [0.2, 0.25) is 5.02 Å². The van der Waals surface area contributed by atoms with Gasteiger partial charge < -0.3 is 16.0 Å². The number of nitrogens with two attached hydrogens (primary N) is 1. The minimum absolute atomic E-state index is 0.335. The van der Waals surface area contributed by atoms with Crippen LogP contribution in [0.4, 0.5) is 11.4 Å². The van der Waals surface area contributed by atoms with Crippen molar-refractivity contribution >= 4 is 34.8 Å². The third-order valence-corrected chi connectivity index (χ3v) is 4.20. The number of nitrogens with zero attached hydrogens (tertiary/aromatic N) is 1. The molecule has 0 atom stereocenters. The number of nitrogens with one attached hydrogen (secondary N) is 1. The van der Waals surface area contributed by atoms with E-state index in [-0.39, 0.29) is 0 Å². The zero-order valence-electron chi connectivity index (χ0n) is 12.4. The zero-order valence-corrected chi connectivity index (χ0v) is 13.1. The molecule has 0 radical (unpaired) electrons. The number of benzene rings is 2. The molecule has 0 saturated heterocycles. The van der Waals surface area contributed by atoms with Gasteiger partial charge in [-0.1, -0.05) is 35.9 Å². The minimum Gasteiger partial charge on any atom is -0.398 e. The van der Waals surface area contributed by atoms with E-state index in [0.29, 0.717) is 29.5 Å². The van der Waals surface area contributed by atoms with E-state index in [1.807, 2.05) is 24.3 Å². The second-order valence-electron chi connectivity index (χ2n) is 5.44. The van der Waals surface area contributed by atoms with Gasteiger partial charge in [-0.05, 0) is 35.7 Å². The Morgan fingerprint density at radius 2 is 1.87 bits per heavy atom. The maximum atomic E-state index is 12.3. The molecule has 118 valence electrons. The lowest BCUT2D eigenvalue weighted by molar-refractivity contribution is -0.143. The predicted molar refractivity (Wildman–Crippen MR) is 90.1 cm³/mol. The molecule has 1 heterocycles. The Labute approximate surface area is 139 Å². The highest BCUT2D eigenvalue weighted by molar-refractivity contribution is 6.40. The number of rotatable bonds is 1. The van der Waals surface area contributed by atoms with Crippen molar-refractivity contribution in [1.29, 1.82) is 0 Å². The van der Waals surface area contributed by atoms with E-state index < -0.39 is 11.8 Å². The SMILES string of the molecule is Nc1ccc(NC(=O)C(=O)N2CCc3ccccc3C2)cc1Cl. The van der Waals surface area contributed by atoms with E-state index >= 15 is 0 Å². The van der Waals surface area contributed by atoms with Gasteiger partial charge in [-0.25, -0.2) is 0 Å². The summed E-state index contributed by atoms with van der Waals surface area (Å²) < 4.78 is 0. The van der Waals surface area contributed by atoms with Gasteiger partial charge in [-0.3, -0.25) is 9.59 Å². The molecule has 6 heteroatoms. The Morgan fingerprint density at radius 1 is 1.13 bits per heavy atom. The van der Waals surface area contributed by atoms with Crippen molar-refractivity contribution in [3.05, 3.63) is 58.6 Å². The van der Waals surface area contributed by atoms with Crippen molar-refractivity contribution in [3.63, 3.8) is 0 Å². The van der Waals surface area contributed by atoms with Crippen molar-refractivity contribution in [2.75, 3.05) is 17.6 Å². The first kappa shape index (κ1) is 15.4. The Morgan fingerprint density at radius 3 is 2.61 bits per heavy atom. The van der Waals surface area contributed by atoms with Crippen molar-refractivity contribution < 1.29 is 9.59 Å². The third kappa shape index (κ3) is 3.29. The molecule has 2 amide bonds. The molecule has 0 aromatic heterocycles. The van der Waals surface area contributed by atoms with Gasteiger partial charge in [0, 0.05) is 18.8 Å². The molecule has 23 heavy (non-hydrogen) atoms. The summed E-state index contributed by atoms with van der Waals surface area (Å²) in [5.41, 5.74) is 8.79. The largest absolute Gasteiger partial charge is 0.398 e. The number of nitrogen functional groups attached to an aromatic ring is 1. The van der Waals surface area contributed by atoms with Gasteiger partial charge in [-0.15, -0.1) is 0 Å². The number of anilines is 2. The second kappa shape index (κ2) is 6.30. The zero-order chi connectivity index (χ0) is 16.4. The number of hydrogen-bond donors (Lipinski definition) is 2. The van der Waals surface area contributed by atoms with Gasteiger partial charge in [0.2, 0.25) is 0 Å². The summed E-state index contributed by atoms with van der Waals surface area (Å²) >= 11 is 5.91. The van der Waals surface area contributed by atoms with Crippen molar-refractivity contribution in [2.45, 2.75) is 13.0 Å². The summed E-state index contributed by atoms with van der Waals surface area (Å²) in [5, 5.41) is 2.90. The Bertz CT molecular complexity index is 776. The van der Waals surface area contributed by atoms with Crippen LogP contribution in [0.3, 0.4) is 0 Å². The highest BCUT2D eigenvalue weighted by Crippen LogP contribution is 2.23. The van der Waals surface area contributed by atoms with Crippen molar-refractivity contribution in [2.24, 2.45) is 0 Å². The van der Waals surface area contributed by atoms with Crippen LogP contribution in [0.5, 0.6) is 0 Å². The quantitative estimate of drug-likeness (QED) is 0.623. The molecule has 0 unspecified atom stereocenters. The van der Waals surface area contributed by atoms with Crippen LogP contribution in [0.15, 0.2) is 42.5 Å². The molecular weight excluding hydrogens is 314 g/mol. The minimum atomic E-state index is -0.676. The molecule has 3 rings (SSSR count). The van der Waals surface area contributed by atoms with Crippen molar-refractivity contribution in [1.82, 2.24) is 4.90 Å². The lowest BCUT2D eigenvalue weighted by Gasteiger charge is -2.28. The maximum Gasteiger partial charge on any atom is 0.313 e. The average molecular weight is 330 g/mol. The van der Waals surface area contributed by atoms with E-state index in [1.165, 1.54) is 11.6 Å². The predicted octanol–water partition coefficient (Wildman–Crippen LogP) is 2.45. The van der Waals surface area contributed by atoms with E-state index in [1.54, 1.807) is 17.0 Å². The molecule has 1 aliphatic rings. The first-order valence-electron chi connectivity index (χ1n) is 7.26. The molecule has 2 aromatic rings. The van der Waals surface area contributed by atoms with Crippen molar-refractivity contribution in [3.8, 4) is 0 Å². The summed E-state index contributed by atoms with van der Waals surface area (Å²) in [6.07, 6.45) is 0.753. The van der Waals surface area contributed by atoms with E-state index in [4.69, 9.17) is 17.3 Å². The highest BCUT2D eigenvalue weighted by atomic mass is 35.5. The molecule has 2 aromatic carbocycles. The monoisotopic (exact) mass is 329 g/mol. The molecule has 1 aliphatic heterocycles. The summed E-state index contributed by atoms with van der Waals surface area (Å²) in [7, 11) is 0. The van der Waals surface area contributed by atoms with Gasteiger partial charge >= 0.3 is 11.8 Å². The average Bonchev–Trinajstić information content (AvgIpc) is 2.57. The van der Waals surface area contributed by atoms with Crippen LogP contribution in [-0.2, 0) is 22.6 Å². The molecule has 0 saturated carbocycles. The lowest BCUT2D eigenvalue weighted by atomic mass is 10.00. The van der Waals surface area contributed by atoms with Crippen LogP contribution in [0.1, 0.15) is 11.1 Å². The fraction of sp³-hybridized carbons (Fsp3) is 0.176. The molecule has 0 fully saturated rings. The lowest BCUT2D eigenvalue weighted by Crippen LogP contribution is -2.42. The molecular formula is C17H16ClN3O2. The molecule has 0 aliphatic carbocycles. The maximum absolute atomic E-state index is 12.3. The number of carbonyl (C=O) groups is 2. The van der Waals surface area contributed by atoms with Gasteiger partial charge in [-0.2, -0.15) is 0 Å². The van der Waals surface area contributed by atoms with Gasteiger partial charge in [0.15, 0.2) is 0 Å². The number of carbonyl (C=O) groups excluding carboxylic acids is 2. The van der Waals surface area contributed by atoms with E-state index in [9.17, 15) is 9.59 Å². The van der Waals surface area contributed by atoms with Crippen LogP contribution < -0.4 is 11.1 Å². The normalized spacial score (nSPS) is 13.3. The smallest absolute Gasteiger partial charge is 0.313 e. The Hall–Kier alpha value is -2.53. The molecule has 3 N–H and O–H groups in total. The molecule has 0 bridgehead atoms. The standard InChI is InChI=1S/C17H16ClN3O2/c18-14-9-13(5-6-15(14)19)20-16(22)17(23)21-8-7-11-3-1-2-4-12(11)10-21/h1-6,9H,7-8,10,19H2,(H,20,22). The van der Waals surface area contributed by atoms with E-state index in [2.05, 4.69) is 5.32 Å². The first-order chi connectivity index (χ1) is 11.0. The fourth-order valence-corrected chi connectivity index (χ4v) is 2.78. The van der Waals surface area contributed by atoms with Gasteiger partial charge in [0.05, 0.1) is 10.7 Å². The Kier molecular flexibility index (Phi) is 4.21. The third-order valence-electron chi connectivity index (χ3n) is 3.87. The van der Waals surface area contributed by atoms with Gasteiger partial charge in [0.1, 0.15) is 0 Å². The summed E-state index contributed by atoms with van der Waals surface area (Å²) in [6.45, 7) is 0.983. The van der Waals surface area contributed by atoms with Crippen LogP contribution in [0.25, 0.3) is 0 Å². The van der Waals surface area contributed by atoms with E-state index in [0.717, 1.165) is 12.0 Å². The second-order valence-corrected chi connectivity index (χ2v) is 5.84. The van der Waals surface area contributed by atoms with Crippen LogP contribution in [-0.4, -0.2) is 23.3 Å². The number of fused-ring (bicyclic) bond motifs is 1. The highest BCUT2D eigenvalue weighted by Gasteiger charge is 2.25. The van der Waals surface area contributed by atoms with Crippen LogP contribution >= 0.6 is 11.6 Å². The fourth-order valence-electron chi connectivity index (χ4n) is 2.60. The number of amides is 2. The van der Waals surface area contributed by atoms with Crippen LogP contribution in [0, 0.1) is 0 Å². The summed E-state index contributed by atoms with van der Waals surface area (Å²) in [4.78, 5) is 26.0. The molecule has 5 nitrogen and oxygen atoms in total. The first-order valence-corrected chi connectivity index (χ1v) is 7.64. The summed E-state index contributed by atoms with van der Waals surface area (Å²) in [6, 6.07) is 12.7. The Balaban J connectivity index is 1.68. The van der Waals surface area contributed by atoms with Gasteiger partial charge in [0.25, 0.3) is 0 Å². The number of halogens is 1. The number of hydrogen-bond acceptors (Lipinski definition) is 3.